The van der Waals surface area contributed by atoms with Crippen molar-refractivity contribution in [3.05, 3.63) is 35.4 Å². The van der Waals surface area contributed by atoms with Crippen molar-refractivity contribution in [1.82, 2.24) is 5.32 Å². The van der Waals surface area contributed by atoms with Gasteiger partial charge in [0.15, 0.2) is 11.6 Å². The first-order valence-corrected chi connectivity index (χ1v) is 5.94. The van der Waals surface area contributed by atoms with E-state index in [2.05, 4.69) is 12.2 Å². The summed E-state index contributed by atoms with van der Waals surface area (Å²) in [6, 6.07) is 4.27. The average Bonchev–Trinajstić information content (AvgIpc) is 2.28. The fourth-order valence-corrected chi connectivity index (χ4v) is 1.76. The van der Waals surface area contributed by atoms with E-state index in [-0.39, 0.29) is 0 Å². The second-order valence-corrected chi connectivity index (χ2v) is 4.09. The molecular weight excluding hydrogens is 232 g/mol. The van der Waals surface area contributed by atoms with Gasteiger partial charge in [0, 0.05) is 18.5 Å². The summed E-state index contributed by atoms with van der Waals surface area (Å²) < 4.78 is 25.6. The van der Waals surface area contributed by atoms with Gasteiger partial charge in [-0.25, -0.2) is 8.78 Å². The summed E-state index contributed by atoms with van der Waals surface area (Å²) in [5.41, 5.74) is 0.743. The summed E-state index contributed by atoms with van der Waals surface area (Å²) in [6.45, 7) is 2.60. The van der Waals surface area contributed by atoms with Gasteiger partial charge in [0.25, 0.3) is 0 Å². The van der Waals surface area contributed by atoms with Crippen LogP contribution >= 0.6 is 11.6 Å². The zero-order chi connectivity index (χ0) is 12.0. The van der Waals surface area contributed by atoms with Gasteiger partial charge in [-0.2, -0.15) is 0 Å². The van der Waals surface area contributed by atoms with Crippen LogP contribution in [0.5, 0.6) is 0 Å². The van der Waals surface area contributed by atoms with Gasteiger partial charge < -0.3 is 5.32 Å². The van der Waals surface area contributed by atoms with E-state index in [1.807, 2.05) is 0 Å². The van der Waals surface area contributed by atoms with Crippen molar-refractivity contribution in [2.24, 2.45) is 0 Å². The largest absolute Gasteiger partial charge is 0.310 e. The number of nitrogens with one attached hydrogen (secondary N) is 1. The first-order valence-electron chi connectivity index (χ1n) is 5.40. The Bertz CT molecular complexity index is 331. The summed E-state index contributed by atoms with van der Waals surface area (Å²) in [6.07, 6.45) is 1.85. The van der Waals surface area contributed by atoms with Crippen LogP contribution in [0.25, 0.3) is 0 Å². The molecule has 16 heavy (non-hydrogen) atoms. The van der Waals surface area contributed by atoms with E-state index < -0.39 is 11.6 Å². The van der Waals surface area contributed by atoms with Crippen molar-refractivity contribution < 1.29 is 8.78 Å². The van der Waals surface area contributed by atoms with E-state index in [1.54, 1.807) is 6.07 Å². The molecule has 1 unspecified atom stereocenters. The van der Waals surface area contributed by atoms with Crippen molar-refractivity contribution >= 4 is 11.6 Å². The minimum Gasteiger partial charge on any atom is -0.310 e. The van der Waals surface area contributed by atoms with Gasteiger partial charge in [-0.15, -0.1) is 11.6 Å². The average molecular weight is 248 g/mol. The lowest BCUT2D eigenvalue weighted by atomic mass is 10.1. The summed E-state index contributed by atoms with van der Waals surface area (Å²) in [4.78, 5) is 0. The Morgan fingerprint density at radius 1 is 1.31 bits per heavy atom. The normalized spacial score (nSPS) is 12.8. The summed E-state index contributed by atoms with van der Waals surface area (Å²) >= 11 is 5.65. The Morgan fingerprint density at radius 3 is 2.62 bits per heavy atom. The minimum absolute atomic E-state index is 0.325. The monoisotopic (exact) mass is 247 g/mol. The molecule has 0 saturated carbocycles. The maximum Gasteiger partial charge on any atom is 0.159 e. The third kappa shape index (κ3) is 4.06. The highest BCUT2D eigenvalue weighted by atomic mass is 35.5. The smallest absolute Gasteiger partial charge is 0.159 e. The van der Waals surface area contributed by atoms with E-state index >= 15 is 0 Å². The third-order valence-electron chi connectivity index (χ3n) is 2.53. The van der Waals surface area contributed by atoms with E-state index in [9.17, 15) is 8.78 Å². The summed E-state index contributed by atoms with van der Waals surface area (Å²) in [5.74, 6) is -1.01. The molecule has 0 spiro atoms. The Labute approximate surface area is 99.8 Å². The van der Waals surface area contributed by atoms with Crippen molar-refractivity contribution in [1.29, 1.82) is 0 Å². The molecule has 1 atom stereocenters. The molecule has 0 saturated heterocycles. The predicted octanol–water partition coefficient (Wildman–Crippen LogP) is 3.46. The molecule has 0 aliphatic rings. The Morgan fingerprint density at radius 2 is 2.06 bits per heavy atom. The minimum atomic E-state index is -0.809. The summed E-state index contributed by atoms with van der Waals surface area (Å²) in [7, 11) is 0. The van der Waals surface area contributed by atoms with E-state index in [0.29, 0.717) is 18.5 Å². The quantitative estimate of drug-likeness (QED) is 0.759. The van der Waals surface area contributed by atoms with Gasteiger partial charge in [0.2, 0.25) is 0 Å². The number of hydrogen-bond acceptors (Lipinski definition) is 1. The van der Waals surface area contributed by atoms with Crippen LogP contribution in [0.1, 0.15) is 25.3 Å². The van der Waals surface area contributed by atoms with Crippen LogP contribution in [0.2, 0.25) is 0 Å². The van der Waals surface area contributed by atoms with E-state index in [1.165, 1.54) is 6.07 Å². The second kappa shape index (κ2) is 6.81. The van der Waals surface area contributed by atoms with E-state index in [4.69, 9.17) is 11.6 Å². The molecule has 0 heterocycles. The van der Waals surface area contributed by atoms with Crippen LogP contribution in [-0.2, 0) is 6.54 Å². The fourth-order valence-electron chi connectivity index (χ4n) is 1.49. The van der Waals surface area contributed by atoms with Gasteiger partial charge in [-0.05, 0) is 30.5 Å². The fraction of sp³-hybridized carbons (Fsp3) is 0.500. The maximum absolute atomic E-state index is 12.9. The number of alkyl halides is 1. The molecule has 0 radical (unpaired) electrons. The lowest BCUT2D eigenvalue weighted by molar-refractivity contribution is 0.479. The molecule has 1 aromatic carbocycles. The first-order chi connectivity index (χ1) is 7.67. The van der Waals surface area contributed by atoms with Gasteiger partial charge in [-0.1, -0.05) is 13.0 Å². The third-order valence-corrected chi connectivity index (χ3v) is 2.75. The molecule has 1 N–H and O–H groups in total. The van der Waals surface area contributed by atoms with E-state index in [0.717, 1.165) is 24.5 Å². The van der Waals surface area contributed by atoms with Crippen molar-refractivity contribution in [3.8, 4) is 0 Å². The molecule has 90 valence electrons. The molecule has 1 rings (SSSR count). The maximum atomic E-state index is 12.9. The molecule has 0 aromatic heterocycles. The number of rotatable bonds is 6. The second-order valence-electron chi connectivity index (χ2n) is 3.71. The Balaban J connectivity index is 2.50. The predicted molar refractivity (Wildman–Crippen MR) is 62.6 cm³/mol. The van der Waals surface area contributed by atoms with Gasteiger partial charge in [0.1, 0.15) is 0 Å². The van der Waals surface area contributed by atoms with Crippen molar-refractivity contribution in [2.45, 2.75) is 32.4 Å². The number of benzene rings is 1. The summed E-state index contributed by atoms with van der Waals surface area (Å²) in [5, 5.41) is 3.26. The number of halogens is 3. The van der Waals surface area contributed by atoms with Gasteiger partial charge in [-0.3, -0.25) is 0 Å². The SMILES string of the molecule is CCC(CCCl)NCc1ccc(F)c(F)c1. The Hall–Kier alpha value is -0.670. The first kappa shape index (κ1) is 13.4. The molecule has 1 nitrogen and oxygen atoms in total. The van der Waals surface area contributed by atoms with Crippen molar-refractivity contribution in [2.75, 3.05) is 5.88 Å². The molecule has 0 aliphatic heterocycles. The molecule has 1 aromatic rings. The molecule has 0 bridgehead atoms. The zero-order valence-electron chi connectivity index (χ0n) is 9.27. The van der Waals surface area contributed by atoms with Gasteiger partial charge in [0.05, 0.1) is 0 Å². The standard InChI is InChI=1S/C12H16ClF2N/c1-2-10(5-6-13)16-8-9-3-4-11(14)12(15)7-9/h3-4,7,10,16H,2,5-6,8H2,1H3. The van der Waals surface area contributed by atoms with Crippen LogP contribution in [0.4, 0.5) is 8.78 Å². The lowest BCUT2D eigenvalue weighted by Crippen LogP contribution is -2.28. The Kier molecular flexibility index (Phi) is 5.71. The zero-order valence-corrected chi connectivity index (χ0v) is 10.0. The van der Waals surface area contributed by atoms with Crippen LogP contribution in [0, 0.1) is 11.6 Å². The molecule has 0 amide bonds. The number of hydrogen-bond donors (Lipinski definition) is 1. The molecule has 0 fully saturated rings. The lowest BCUT2D eigenvalue weighted by Gasteiger charge is -2.15. The molecule has 4 heteroatoms. The van der Waals surface area contributed by atoms with Crippen LogP contribution in [0.3, 0.4) is 0 Å². The highest BCUT2D eigenvalue weighted by Gasteiger charge is 2.06. The van der Waals surface area contributed by atoms with Crippen LogP contribution in [0.15, 0.2) is 18.2 Å². The van der Waals surface area contributed by atoms with Crippen LogP contribution < -0.4 is 5.32 Å². The van der Waals surface area contributed by atoms with Crippen molar-refractivity contribution in [3.63, 3.8) is 0 Å². The van der Waals surface area contributed by atoms with Gasteiger partial charge >= 0.3 is 0 Å². The molecular formula is C12H16ClF2N. The highest BCUT2D eigenvalue weighted by Crippen LogP contribution is 2.09. The van der Waals surface area contributed by atoms with Crippen LogP contribution in [-0.4, -0.2) is 11.9 Å². The topological polar surface area (TPSA) is 12.0 Å². The highest BCUT2D eigenvalue weighted by molar-refractivity contribution is 6.17. The molecule has 0 aliphatic carbocycles.